The third kappa shape index (κ3) is 4.47. The Kier molecular flexibility index (Phi) is 5.72. The summed E-state index contributed by atoms with van der Waals surface area (Å²) in [6.45, 7) is 4.59. The molecule has 4 nitrogen and oxygen atoms in total. The zero-order valence-corrected chi connectivity index (χ0v) is 14.7. The van der Waals surface area contributed by atoms with Crippen molar-refractivity contribution < 1.29 is 4.74 Å². The van der Waals surface area contributed by atoms with Gasteiger partial charge in [0.25, 0.3) is 0 Å². The SMILES string of the molecule is CC(NC1(CNc2ccc(Cl)cn2)CCOCC1)c1ccccc1. The zero-order valence-electron chi connectivity index (χ0n) is 14.0. The third-order valence-corrected chi connectivity index (χ3v) is 4.83. The minimum absolute atomic E-state index is 0.00513. The van der Waals surface area contributed by atoms with Crippen LogP contribution >= 0.6 is 11.6 Å². The molecular weight excluding hydrogens is 322 g/mol. The summed E-state index contributed by atoms with van der Waals surface area (Å²) in [5.41, 5.74) is 1.29. The molecule has 1 atom stereocenters. The Hall–Kier alpha value is -1.62. The fraction of sp³-hybridized carbons (Fsp3) is 0.421. The highest BCUT2D eigenvalue weighted by Gasteiger charge is 2.33. The van der Waals surface area contributed by atoms with Gasteiger partial charge in [0.05, 0.1) is 5.02 Å². The van der Waals surface area contributed by atoms with Crippen LogP contribution in [0, 0.1) is 0 Å². The van der Waals surface area contributed by atoms with Crippen molar-refractivity contribution in [1.29, 1.82) is 0 Å². The molecule has 0 amide bonds. The Morgan fingerprint density at radius 1 is 1.17 bits per heavy atom. The van der Waals surface area contributed by atoms with Gasteiger partial charge in [0.2, 0.25) is 0 Å². The monoisotopic (exact) mass is 345 g/mol. The van der Waals surface area contributed by atoms with Crippen LogP contribution in [0.3, 0.4) is 0 Å². The molecule has 1 aromatic heterocycles. The molecule has 2 N–H and O–H groups in total. The fourth-order valence-corrected chi connectivity index (χ4v) is 3.27. The van der Waals surface area contributed by atoms with Crippen LogP contribution in [0.25, 0.3) is 0 Å². The number of benzene rings is 1. The molecular formula is C19H24ClN3O. The second-order valence-electron chi connectivity index (χ2n) is 6.38. The largest absolute Gasteiger partial charge is 0.381 e. The maximum Gasteiger partial charge on any atom is 0.126 e. The minimum Gasteiger partial charge on any atom is -0.381 e. The van der Waals surface area contributed by atoms with Gasteiger partial charge in [-0.2, -0.15) is 0 Å². The molecule has 2 heterocycles. The average Bonchev–Trinajstić information content (AvgIpc) is 2.63. The first-order valence-electron chi connectivity index (χ1n) is 8.43. The van der Waals surface area contributed by atoms with Crippen molar-refractivity contribution in [3.05, 3.63) is 59.2 Å². The quantitative estimate of drug-likeness (QED) is 0.829. The van der Waals surface area contributed by atoms with E-state index in [1.54, 1.807) is 6.20 Å². The van der Waals surface area contributed by atoms with Gasteiger partial charge in [-0.1, -0.05) is 41.9 Å². The molecule has 0 saturated carbocycles. The van der Waals surface area contributed by atoms with Gasteiger partial charge in [0.1, 0.15) is 5.82 Å². The summed E-state index contributed by atoms with van der Waals surface area (Å²) < 4.78 is 5.58. The first-order chi connectivity index (χ1) is 11.7. The summed E-state index contributed by atoms with van der Waals surface area (Å²) in [6.07, 6.45) is 3.62. The summed E-state index contributed by atoms with van der Waals surface area (Å²) in [5.74, 6) is 0.847. The van der Waals surface area contributed by atoms with E-state index in [1.807, 2.05) is 18.2 Å². The lowest BCUT2D eigenvalue weighted by Crippen LogP contribution is -2.54. The topological polar surface area (TPSA) is 46.2 Å². The van der Waals surface area contributed by atoms with Crippen molar-refractivity contribution >= 4 is 17.4 Å². The lowest BCUT2D eigenvalue weighted by atomic mass is 9.88. The first-order valence-corrected chi connectivity index (χ1v) is 8.81. The number of hydrogen-bond acceptors (Lipinski definition) is 4. The molecule has 1 unspecified atom stereocenters. The standard InChI is InChI=1S/C19H24ClN3O/c1-15(16-5-3-2-4-6-16)23-19(9-11-24-12-10-19)14-22-18-8-7-17(20)13-21-18/h2-8,13,15,23H,9-12,14H2,1H3,(H,21,22). The Balaban J connectivity index is 1.68. The summed E-state index contributed by atoms with van der Waals surface area (Å²) in [7, 11) is 0. The Bertz CT molecular complexity index is 627. The molecule has 5 heteroatoms. The van der Waals surface area contributed by atoms with E-state index < -0.39 is 0 Å². The van der Waals surface area contributed by atoms with Gasteiger partial charge < -0.3 is 15.4 Å². The number of rotatable bonds is 6. The number of halogens is 1. The van der Waals surface area contributed by atoms with E-state index in [4.69, 9.17) is 16.3 Å². The maximum atomic E-state index is 5.91. The lowest BCUT2D eigenvalue weighted by molar-refractivity contribution is 0.0389. The lowest BCUT2D eigenvalue weighted by Gasteiger charge is -2.40. The molecule has 24 heavy (non-hydrogen) atoms. The van der Waals surface area contributed by atoms with E-state index in [-0.39, 0.29) is 11.6 Å². The second kappa shape index (κ2) is 7.97. The van der Waals surface area contributed by atoms with Crippen molar-refractivity contribution in [2.24, 2.45) is 0 Å². The summed E-state index contributed by atoms with van der Waals surface area (Å²) in [5, 5.41) is 7.94. The summed E-state index contributed by atoms with van der Waals surface area (Å²) in [6, 6.07) is 14.6. The number of hydrogen-bond donors (Lipinski definition) is 2. The predicted octanol–water partition coefficient (Wildman–Crippen LogP) is 4.05. The Labute approximate surface area is 148 Å². The molecule has 0 spiro atoms. The van der Waals surface area contributed by atoms with Gasteiger partial charge in [0, 0.05) is 37.5 Å². The van der Waals surface area contributed by atoms with E-state index in [0.29, 0.717) is 5.02 Å². The molecule has 1 saturated heterocycles. The average molecular weight is 346 g/mol. The number of aromatic nitrogens is 1. The number of anilines is 1. The molecule has 0 aliphatic carbocycles. The summed E-state index contributed by atoms with van der Waals surface area (Å²) >= 11 is 5.91. The molecule has 1 fully saturated rings. The van der Waals surface area contributed by atoms with Crippen LogP contribution < -0.4 is 10.6 Å². The van der Waals surface area contributed by atoms with Crippen molar-refractivity contribution in [3.8, 4) is 0 Å². The van der Waals surface area contributed by atoms with Gasteiger partial charge in [0.15, 0.2) is 0 Å². The normalized spacial score (nSPS) is 18.1. The van der Waals surface area contributed by atoms with E-state index in [9.17, 15) is 0 Å². The van der Waals surface area contributed by atoms with Crippen molar-refractivity contribution in [2.75, 3.05) is 25.1 Å². The number of nitrogens with zero attached hydrogens (tertiary/aromatic N) is 1. The van der Waals surface area contributed by atoms with Crippen LogP contribution in [0.4, 0.5) is 5.82 Å². The van der Waals surface area contributed by atoms with Gasteiger partial charge >= 0.3 is 0 Å². The van der Waals surface area contributed by atoms with Crippen LogP contribution in [0.2, 0.25) is 5.02 Å². The van der Waals surface area contributed by atoms with Crippen molar-refractivity contribution in [2.45, 2.75) is 31.3 Å². The molecule has 0 radical (unpaired) electrons. The van der Waals surface area contributed by atoms with Crippen LogP contribution in [0.15, 0.2) is 48.7 Å². The molecule has 1 aliphatic rings. The van der Waals surface area contributed by atoms with Crippen molar-refractivity contribution in [1.82, 2.24) is 10.3 Å². The Morgan fingerprint density at radius 3 is 2.58 bits per heavy atom. The van der Waals surface area contributed by atoms with E-state index in [1.165, 1.54) is 5.56 Å². The molecule has 3 rings (SSSR count). The summed E-state index contributed by atoms with van der Waals surface area (Å²) in [4.78, 5) is 4.33. The van der Waals surface area contributed by atoms with Crippen LogP contribution in [-0.2, 0) is 4.74 Å². The van der Waals surface area contributed by atoms with Gasteiger partial charge in [-0.05, 0) is 37.5 Å². The predicted molar refractivity (Wildman–Crippen MR) is 98.5 cm³/mol. The van der Waals surface area contributed by atoms with E-state index in [0.717, 1.165) is 38.4 Å². The highest BCUT2D eigenvalue weighted by Crippen LogP contribution is 2.26. The van der Waals surface area contributed by atoms with Gasteiger partial charge in [-0.15, -0.1) is 0 Å². The molecule has 1 aromatic carbocycles. The fourth-order valence-electron chi connectivity index (χ4n) is 3.16. The molecule has 128 valence electrons. The number of nitrogens with one attached hydrogen (secondary N) is 2. The highest BCUT2D eigenvalue weighted by molar-refractivity contribution is 6.30. The van der Waals surface area contributed by atoms with Crippen LogP contribution in [-0.4, -0.2) is 30.3 Å². The van der Waals surface area contributed by atoms with E-state index >= 15 is 0 Å². The molecule has 0 bridgehead atoms. The molecule has 1 aliphatic heterocycles. The number of pyridine rings is 1. The van der Waals surface area contributed by atoms with Crippen LogP contribution in [0.5, 0.6) is 0 Å². The van der Waals surface area contributed by atoms with Gasteiger partial charge in [-0.3, -0.25) is 0 Å². The van der Waals surface area contributed by atoms with E-state index in [2.05, 4.69) is 46.8 Å². The third-order valence-electron chi connectivity index (χ3n) is 4.61. The minimum atomic E-state index is -0.00513. The van der Waals surface area contributed by atoms with Gasteiger partial charge in [-0.25, -0.2) is 4.98 Å². The second-order valence-corrected chi connectivity index (χ2v) is 6.82. The smallest absolute Gasteiger partial charge is 0.126 e. The zero-order chi connectivity index (χ0) is 16.8. The maximum absolute atomic E-state index is 5.91. The first kappa shape index (κ1) is 17.2. The molecule has 2 aromatic rings. The number of ether oxygens (including phenoxy) is 1. The van der Waals surface area contributed by atoms with Crippen molar-refractivity contribution in [3.63, 3.8) is 0 Å². The Morgan fingerprint density at radius 2 is 1.92 bits per heavy atom. The van der Waals surface area contributed by atoms with Crippen LogP contribution in [0.1, 0.15) is 31.4 Å². The highest BCUT2D eigenvalue weighted by atomic mass is 35.5.